The highest BCUT2D eigenvalue weighted by Crippen LogP contribution is 2.38. The standard InChI is InChI=1S/C23H18ClF2N3O4/c1-28-21-16(12-7-17(26)22(31)19(8-12)33-2)9-13(24)10-18(21)29(23(28)32)11-20(30)27-15-5-3-14(25)4-6-15/h3-10,31H,11H2,1-2H3,(H,27,30). The third-order valence-corrected chi connectivity index (χ3v) is 5.41. The summed E-state index contributed by atoms with van der Waals surface area (Å²) in [6.07, 6.45) is 0. The Labute approximate surface area is 191 Å². The first-order valence-corrected chi connectivity index (χ1v) is 10.1. The molecule has 0 saturated carbocycles. The molecule has 33 heavy (non-hydrogen) atoms. The fourth-order valence-electron chi connectivity index (χ4n) is 3.66. The number of imidazole rings is 1. The number of rotatable bonds is 5. The van der Waals surface area contributed by atoms with Crippen LogP contribution in [0.3, 0.4) is 0 Å². The van der Waals surface area contributed by atoms with Gasteiger partial charge >= 0.3 is 5.69 Å². The Morgan fingerprint density at radius 1 is 1.15 bits per heavy atom. The first-order chi connectivity index (χ1) is 15.7. The third-order valence-electron chi connectivity index (χ3n) is 5.19. The first-order valence-electron chi connectivity index (χ1n) is 9.70. The van der Waals surface area contributed by atoms with Crippen molar-refractivity contribution in [1.29, 1.82) is 0 Å². The number of aryl methyl sites for hydroxylation is 1. The van der Waals surface area contributed by atoms with E-state index in [9.17, 15) is 23.5 Å². The van der Waals surface area contributed by atoms with Gasteiger partial charge in [0.25, 0.3) is 0 Å². The quantitative estimate of drug-likeness (QED) is 0.453. The Kier molecular flexibility index (Phi) is 5.82. The van der Waals surface area contributed by atoms with Gasteiger partial charge in [-0.3, -0.25) is 13.9 Å². The number of phenols is 1. The molecule has 10 heteroatoms. The number of hydrogen-bond acceptors (Lipinski definition) is 4. The topological polar surface area (TPSA) is 85.5 Å². The van der Waals surface area contributed by atoms with E-state index in [0.717, 1.165) is 6.07 Å². The number of anilines is 1. The minimum absolute atomic E-state index is 0.0822. The van der Waals surface area contributed by atoms with Crippen LogP contribution >= 0.6 is 11.6 Å². The van der Waals surface area contributed by atoms with Crippen LogP contribution in [0.15, 0.2) is 53.3 Å². The Bertz CT molecular complexity index is 1450. The summed E-state index contributed by atoms with van der Waals surface area (Å²) in [5, 5.41) is 12.7. The molecule has 0 aliphatic heterocycles. The molecule has 1 amide bonds. The molecule has 1 aromatic heterocycles. The van der Waals surface area contributed by atoms with Crippen molar-refractivity contribution in [1.82, 2.24) is 9.13 Å². The predicted molar refractivity (Wildman–Crippen MR) is 121 cm³/mol. The molecular weight excluding hydrogens is 456 g/mol. The number of nitrogens with zero attached hydrogens (tertiary/aromatic N) is 2. The first kappa shape index (κ1) is 22.3. The van der Waals surface area contributed by atoms with Crippen molar-refractivity contribution >= 4 is 34.2 Å². The van der Waals surface area contributed by atoms with Crippen molar-refractivity contribution < 1.29 is 23.4 Å². The van der Waals surface area contributed by atoms with Crippen LogP contribution in [0.5, 0.6) is 11.5 Å². The summed E-state index contributed by atoms with van der Waals surface area (Å²) in [5.41, 5.74) is 1.37. The number of carbonyl (C=O) groups is 1. The van der Waals surface area contributed by atoms with Crippen LogP contribution in [-0.4, -0.2) is 27.3 Å². The molecule has 0 radical (unpaired) electrons. The van der Waals surface area contributed by atoms with Gasteiger partial charge in [0.15, 0.2) is 17.3 Å². The summed E-state index contributed by atoms with van der Waals surface area (Å²) in [6.45, 7) is -0.333. The number of methoxy groups -OCH3 is 1. The lowest BCUT2D eigenvalue weighted by Crippen LogP contribution is -2.28. The van der Waals surface area contributed by atoms with E-state index >= 15 is 0 Å². The van der Waals surface area contributed by atoms with Crippen LogP contribution in [0.4, 0.5) is 14.5 Å². The molecule has 0 atom stereocenters. The van der Waals surface area contributed by atoms with Crippen LogP contribution < -0.4 is 15.7 Å². The minimum atomic E-state index is -0.902. The molecule has 0 saturated heterocycles. The van der Waals surface area contributed by atoms with E-state index in [1.54, 1.807) is 6.07 Å². The van der Waals surface area contributed by atoms with E-state index in [-0.39, 0.29) is 17.3 Å². The average Bonchev–Trinajstić information content (AvgIpc) is 3.01. The van der Waals surface area contributed by atoms with E-state index in [0.29, 0.717) is 27.8 Å². The molecule has 0 spiro atoms. The van der Waals surface area contributed by atoms with Gasteiger partial charge in [-0.05, 0) is 54.1 Å². The number of aromatic hydroxyl groups is 1. The smallest absolute Gasteiger partial charge is 0.329 e. The predicted octanol–water partition coefficient (Wildman–Crippen LogP) is 4.29. The maximum absolute atomic E-state index is 14.3. The zero-order valence-electron chi connectivity index (χ0n) is 17.5. The number of nitrogens with one attached hydrogen (secondary N) is 1. The molecule has 7 nitrogen and oxygen atoms in total. The molecular formula is C23H18ClF2N3O4. The maximum atomic E-state index is 14.3. The molecule has 0 bridgehead atoms. The molecule has 3 aromatic carbocycles. The van der Waals surface area contributed by atoms with E-state index in [1.165, 1.54) is 59.7 Å². The molecule has 0 unspecified atom stereocenters. The van der Waals surface area contributed by atoms with Crippen LogP contribution in [0, 0.1) is 11.6 Å². The summed E-state index contributed by atoms with van der Waals surface area (Å²) in [5.74, 6) is -2.57. The number of amides is 1. The van der Waals surface area contributed by atoms with Crippen molar-refractivity contribution in [3.05, 3.63) is 75.7 Å². The van der Waals surface area contributed by atoms with Crippen LogP contribution in [-0.2, 0) is 18.4 Å². The lowest BCUT2D eigenvalue weighted by molar-refractivity contribution is -0.116. The highest BCUT2D eigenvalue weighted by Gasteiger charge is 2.20. The van der Waals surface area contributed by atoms with E-state index in [2.05, 4.69) is 5.32 Å². The number of phenolic OH excluding ortho intramolecular Hbond substituents is 1. The van der Waals surface area contributed by atoms with Crippen molar-refractivity contribution in [2.24, 2.45) is 7.05 Å². The van der Waals surface area contributed by atoms with E-state index < -0.39 is 29.0 Å². The molecule has 4 rings (SSSR count). The lowest BCUT2D eigenvalue weighted by Gasteiger charge is -2.11. The lowest BCUT2D eigenvalue weighted by atomic mass is 10.0. The van der Waals surface area contributed by atoms with Crippen LogP contribution in [0.1, 0.15) is 0 Å². The molecule has 2 N–H and O–H groups in total. The number of benzene rings is 3. The summed E-state index contributed by atoms with van der Waals surface area (Å²) in [7, 11) is 2.81. The van der Waals surface area contributed by atoms with Crippen molar-refractivity contribution in [3.63, 3.8) is 0 Å². The fraction of sp³-hybridized carbons (Fsp3) is 0.130. The SMILES string of the molecule is COc1cc(-c2cc(Cl)cc3c2n(C)c(=O)n3CC(=O)Nc2ccc(F)cc2)cc(F)c1O. The van der Waals surface area contributed by atoms with Crippen molar-refractivity contribution in [3.8, 4) is 22.6 Å². The highest BCUT2D eigenvalue weighted by molar-refractivity contribution is 6.31. The zero-order chi connectivity index (χ0) is 23.9. The molecule has 0 aliphatic carbocycles. The Hall–Kier alpha value is -3.85. The minimum Gasteiger partial charge on any atom is -0.502 e. The summed E-state index contributed by atoms with van der Waals surface area (Å²) in [4.78, 5) is 25.6. The summed E-state index contributed by atoms with van der Waals surface area (Å²) in [6, 6.07) is 10.8. The van der Waals surface area contributed by atoms with Gasteiger partial charge in [0.05, 0.1) is 18.1 Å². The third kappa shape index (κ3) is 4.14. The van der Waals surface area contributed by atoms with Crippen LogP contribution in [0.2, 0.25) is 5.02 Å². The second kappa shape index (κ2) is 8.59. The summed E-state index contributed by atoms with van der Waals surface area (Å²) < 4.78 is 35.0. The summed E-state index contributed by atoms with van der Waals surface area (Å²) >= 11 is 6.30. The van der Waals surface area contributed by atoms with E-state index in [4.69, 9.17) is 16.3 Å². The average molecular weight is 474 g/mol. The largest absolute Gasteiger partial charge is 0.502 e. The number of hydrogen-bond donors (Lipinski definition) is 2. The van der Waals surface area contributed by atoms with Gasteiger partial charge in [-0.2, -0.15) is 0 Å². The molecule has 1 heterocycles. The number of aromatic nitrogens is 2. The molecule has 4 aromatic rings. The Morgan fingerprint density at radius 2 is 1.85 bits per heavy atom. The number of halogens is 3. The van der Waals surface area contributed by atoms with Gasteiger partial charge < -0.3 is 15.2 Å². The van der Waals surface area contributed by atoms with Gasteiger partial charge in [-0.1, -0.05) is 11.6 Å². The zero-order valence-corrected chi connectivity index (χ0v) is 18.3. The Morgan fingerprint density at radius 3 is 2.52 bits per heavy atom. The van der Waals surface area contributed by atoms with Gasteiger partial charge in [0.1, 0.15) is 12.4 Å². The van der Waals surface area contributed by atoms with Gasteiger partial charge in [0, 0.05) is 23.3 Å². The second-order valence-corrected chi connectivity index (χ2v) is 7.75. The van der Waals surface area contributed by atoms with E-state index in [1.807, 2.05) is 0 Å². The molecule has 0 fully saturated rings. The normalized spacial score (nSPS) is 11.1. The monoisotopic (exact) mass is 473 g/mol. The molecule has 170 valence electrons. The number of fused-ring (bicyclic) bond motifs is 1. The van der Waals surface area contributed by atoms with Gasteiger partial charge in [-0.15, -0.1) is 0 Å². The Balaban J connectivity index is 1.81. The van der Waals surface area contributed by atoms with Crippen molar-refractivity contribution in [2.45, 2.75) is 6.54 Å². The fourth-order valence-corrected chi connectivity index (χ4v) is 3.87. The van der Waals surface area contributed by atoms with Crippen molar-refractivity contribution in [2.75, 3.05) is 12.4 Å². The number of ether oxygens (including phenoxy) is 1. The number of carbonyl (C=O) groups excluding carboxylic acids is 1. The maximum Gasteiger partial charge on any atom is 0.329 e. The van der Waals surface area contributed by atoms with Gasteiger partial charge in [0.2, 0.25) is 5.91 Å². The molecule has 0 aliphatic rings. The van der Waals surface area contributed by atoms with Crippen LogP contribution in [0.25, 0.3) is 22.2 Å². The second-order valence-electron chi connectivity index (χ2n) is 7.31. The highest BCUT2D eigenvalue weighted by atomic mass is 35.5. The van der Waals surface area contributed by atoms with Gasteiger partial charge in [-0.25, -0.2) is 13.6 Å².